The first-order valence-corrected chi connectivity index (χ1v) is 7.63. The Bertz CT molecular complexity index is 436. The third kappa shape index (κ3) is 1.16. The maximum Gasteiger partial charge on any atom is 0.310 e. The van der Waals surface area contributed by atoms with Crippen molar-refractivity contribution in [1.29, 1.82) is 0 Å². The number of fused-ring (bicyclic) bond motifs is 1. The second-order valence-electron chi connectivity index (χ2n) is 6.93. The minimum absolute atomic E-state index is 0.0216. The standard InChI is InChI=1S/C15H20F2O2/c1-2-3-6-14-12-9-5-4-8(11(12)13(18)19-14)7-10(9)15(14,16)17/h8-12H,2-7H2,1H3/t8?,9?,10?,11?,12?,14-/m0/s1. The van der Waals surface area contributed by atoms with E-state index in [0.29, 0.717) is 12.8 Å². The van der Waals surface area contributed by atoms with Crippen LogP contribution in [0.1, 0.15) is 45.4 Å². The second kappa shape index (κ2) is 3.50. The van der Waals surface area contributed by atoms with Crippen LogP contribution in [0.3, 0.4) is 0 Å². The second-order valence-corrected chi connectivity index (χ2v) is 6.93. The summed E-state index contributed by atoms with van der Waals surface area (Å²) in [6, 6.07) is 0. The number of hydrogen-bond donors (Lipinski definition) is 0. The van der Waals surface area contributed by atoms with E-state index in [9.17, 15) is 13.6 Å². The minimum atomic E-state index is -2.81. The molecule has 4 saturated carbocycles. The molecule has 5 fully saturated rings. The van der Waals surface area contributed by atoms with Crippen LogP contribution in [-0.2, 0) is 9.53 Å². The van der Waals surface area contributed by atoms with Crippen LogP contribution < -0.4 is 0 Å². The van der Waals surface area contributed by atoms with Gasteiger partial charge in [0.15, 0.2) is 5.60 Å². The fourth-order valence-corrected chi connectivity index (χ4v) is 5.68. The topological polar surface area (TPSA) is 26.3 Å². The van der Waals surface area contributed by atoms with Crippen LogP contribution in [0.15, 0.2) is 0 Å². The molecule has 0 aromatic carbocycles. The molecule has 5 unspecified atom stereocenters. The third-order valence-electron chi connectivity index (χ3n) is 6.33. The lowest BCUT2D eigenvalue weighted by atomic mass is 9.57. The first-order valence-electron chi connectivity index (χ1n) is 7.63. The number of ether oxygens (including phenoxy) is 1. The van der Waals surface area contributed by atoms with Crippen LogP contribution in [0, 0.1) is 29.6 Å². The van der Waals surface area contributed by atoms with E-state index in [4.69, 9.17) is 4.74 Å². The molecule has 19 heavy (non-hydrogen) atoms. The molecule has 0 N–H and O–H groups in total. The van der Waals surface area contributed by atoms with E-state index in [2.05, 4.69) is 0 Å². The van der Waals surface area contributed by atoms with Crippen molar-refractivity contribution >= 4 is 5.97 Å². The van der Waals surface area contributed by atoms with Crippen molar-refractivity contribution in [3.05, 3.63) is 0 Å². The van der Waals surface area contributed by atoms with Gasteiger partial charge >= 0.3 is 5.97 Å². The molecule has 0 spiro atoms. The molecule has 6 atom stereocenters. The van der Waals surface area contributed by atoms with Crippen LogP contribution in [0.4, 0.5) is 8.78 Å². The van der Waals surface area contributed by atoms with Gasteiger partial charge < -0.3 is 4.74 Å². The first-order chi connectivity index (χ1) is 9.03. The summed E-state index contributed by atoms with van der Waals surface area (Å²) in [7, 11) is 0. The Morgan fingerprint density at radius 3 is 2.89 bits per heavy atom. The van der Waals surface area contributed by atoms with E-state index < -0.39 is 17.4 Å². The van der Waals surface area contributed by atoms with Crippen molar-refractivity contribution in [1.82, 2.24) is 0 Å². The van der Waals surface area contributed by atoms with Crippen molar-refractivity contribution in [2.45, 2.75) is 57.0 Å². The molecular weight excluding hydrogens is 250 g/mol. The molecule has 0 aromatic rings. The van der Waals surface area contributed by atoms with E-state index in [1.807, 2.05) is 6.92 Å². The van der Waals surface area contributed by atoms with E-state index in [1.165, 1.54) is 0 Å². The van der Waals surface area contributed by atoms with Crippen molar-refractivity contribution in [2.75, 3.05) is 0 Å². The Hall–Kier alpha value is -0.670. The molecule has 4 heteroatoms. The zero-order valence-electron chi connectivity index (χ0n) is 11.2. The summed E-state index contributed by atoms with van der Waals surface area (Å²) in [5, 5.41) is 0. The third-order valence-corrected chi connectivity index (χ3v) is 6.33. The van der Waals surface area contributed by atoms with Gasteiger partial charge in [0.05, 0.1) is 5.92 Å². The van der Waals surface area contributed by atoms with E-state index >= 15 is 0 Å². The van der Waals surface area contributed by atoms with Gasteiger partial charge in [-0.25, -0.2) is 8.78 Å². The number of hydrogen-bond acceptors (Lipinski definition) is 2. The fraction of sp³-hybridized carbons (Fsp3) is 0.933. The molecule has 4 aliphatic carbocycles. The number of halogens is 2. The Morgan fingerprint density at radius 1 is 1.37 bits per heavy atom. The zero-order chi connectivity index (χ0) is 13.4. The highest BCUT2D eigenvalue weighted by atomic mass is 19.3. The lowest BCUT2D eigenvalue weighted by Crippen LogP contribution is -2.49. The number of rotatable bonds is 3. The van der Waals surface area contributed by atoms with Crippen molar-refractivity contribution in [3.63, 3.8) is 0 Å². The summed E-state index contributed by atoms with van der Waals surface area (Å²) in [5.41, 5.74) is -1.45. The summed E-state index contributed by atoms with van der Waals surface area (Å²) in [5.74, 6) is -3.90. The summed E-state index contributed by atoms with van der Waals surface area (Å²) >= 11 is 0. The summed E-state index contributed by atoms with van der Waals surface area (Å²) < 4.78 is 35.3. The van der Waals surface area contributed by atoms with Gasteiger partial charge in [-0.05, 0) is 43.9 Å². The Balaban J connectivity index is 1.83. The molecule has 0 amide bonds. The predicted octanol–water partition coefficient (Wildman–Crippen LogP) is 3.40. The number of carbonyl (C=O) groups excluding carboxylic acids is 1. The smallest absolute Gasteiger partial charge is 0.310 e. The highest BCUT2D eigenvalue weighted by molar-refractivity contribution is 5.78. The summed E-state index contributed by atoms with van der Waals surface area (Å²) in [6.45, 7) is 2.00. The molecule has 1 aliphatic heterocycles. The number of carbonyl (C=O) groups is 1. The average molecular weight is 270 g/mol. The molecule has 4 bridgehead atoms. The Morgan fingerprint density at radius 2 is 2.16 bits per heavy atom. The van der Waals surface area contributed by atoms with Crippen LogP contribution in [0.25, 0.3) is 0 Å². The van der Waals surface area contributed by atoms with E-state index in [-0.39, 0.29) is 29.6 Å². The lowest BCUT2D eigenvalue weighted by molar-refractivity contribution is -0.210. The number of esters is 1. The molecule has 1 heterocycles. The maximum atomic E-state index is 14.9. The Labute approximate surface area is 111 Å². The van der Waals surface area contributed by atoms with Crippen LogP contribution in [0.5, 0.6) is 0 Å². The summed E-state index contributed by atoms with van der Waals surface area (Å²) in [4.78, 5) is 12.1. The van der Waals surface area contributed by atoms with Gasteiger partial charge in [-0.3, -0.25) is 4.79 Å². The molecule has 2 nitrogen and oxygen atoms in total. The van der Waals surface area contributed by atoms with Gasteiger partial charge in [0.25, 0.3) is 5.92 Å². The number of alkyl halides is 2. The van der Waals surface area contributed by atoms with Crippen molar-refractivity contribution in [2.24, 2.45) is 29.6 Å². The van der Waals surface area contributed by atoms with Crippen molar-refractivity contribution < 1.29 is 18.3 Å². The van der Waals surface area contributed by atoms with Crippen LogP contribution in [-0.4, -0.2) is 17.5 Å². The van der Waals surface area contributed by atoms with Gasteiger partial charge in [-0.2, -0.15) is 0 Å². The maximum absolute atomic E-state index is 14.9. The van der Waals surface area contributed by atoms with E-state index in [0.717, 1.165) is 25.7 Å². The van der Waals surface area contributed by atoms with Gasteiger partial charge in [0.2, 0.25) is 0 Å². The molecule has 106 valence electrons. The Kier molecular flexibility index (Phi) is 2.23. The highest BCUT2D eigenvalue weighted by Gasteiger charge is 2.82. The monoisotopic (exact) mass is 270 g/mol. The molecule has 0 radical (unpaired) electrons. The minimum Gasteiger partial charge on any atom is -0.452 e. The van der Waals surface area contributed by atoms with Crippen molar-refractivity contribution in [3.8, 4) is 0 Å². The van der Waals surface area contributed by atoms with Crippen LogP contribution >= 0.6 is 0 Å². The lowest BCUT2D eigenvalue weighted by Gasteiger charge is -2.44. The van der Waals surface area contributed by atoms with Gasteiger partial charge in [0, 0.05) is 11.8 Å². The highest BCUT2D eigenvalue weighted by Crippen LogP contribution is 2.73. The molecule has 0 aromatic heterocycles. The average Bonchev–Trinajstić information content (AvgIpc) is 2.79. The fourth-order valence-electron chi connectivity index (χ4n) is 5.68. The van der Waals surface area contributed by atoms with Crippen LogP contribution in [0.2, 0.25) is 0 Å². The molecule has 5 aliphatic rings. The molecular formula is C15H20F2O2. The SMILES string of the molecule is CCCC[C@@]12OC(=O)C3C4CCC(C(C4)C1(F)F)C32. The largest absolute Gasteiger partial charge is 0.452 e. The predicted molar refractivity (Wildman–Crippen MR) is 64.6 cm³/mol. The quantitative estimate of drug-likeness (QED) is 0.735. The first kappa shape index (κ1) is 12.1. The number of unbranched alkanes of at least 4 members (excludes halogenated alkanes) is 1. The molecule has 5 rings (SSSR count). The van der Waals surface area contributed by atoms with E-state index in [1.54, 1.807) is 0 Å². The van der Waals surface area contributed by atoms with Gasteiger partial charge in [-0.15, -0.1) is 0 Å². The van der Waals surface area contributed by atoms with Gasteiger partial charge in [0.1, 0.15) is 0 Å². The zero-order valence-corrected chi connectivity index (χ0v) is 11.2. The van der Waals surface area contributed by atoms with Gasteiger partial charge in [-0.1, -0.05) is 13.3 Å². The molecule has 1 saturated heterocycles. The summed E-state index contributed by atoms with van der Waals surface area (Å²) in [6.07, 6.45) is 4.29. The normalized spacial score (nSPS) is 52.6.